The van der Waals surface area contributed by atoms with Crippen LogP contribution in [0.3, 0.4) is 0 Å². The minimum Gasteiger partial charge on any atom is -0.367 e. The summed E-state index contributed by atoms with van der Waals surface area (Å²) < 4.78 is 24.7. The quantitative estimate of drug-likeness (QED) is 0.483. The van der Waals surface area contributed by atoms with E-state index in [1.165, 1.54) is 14.2 Å². The van der Waals surface area contributed by atoms with Gasteiger partial charge in [0.05, 0.1) is 0 Å². The fourth-order valence-electron chi connectivity index (χ4n) is 2.77. The first kappa shape index (κ1) is 18.2. The van der Waals surface area contributed by atoms with E-state index in [0.29, 0.717) is 0 Å². The molecule has 3 aromatic rings. The molecule has 0 saturated carbocycles. The van der Waals surface area contributed by atoms with Crippen LogP contribution in [0.25, 0.3) is 10.8 Å². The second-order valence-corrected chi connectivity index (χ2v) is 8.77. The van der Waals surface area contributed by atoms with Gasteiger partial charge in [0, 0.05) is 29.8 Å². The third kappa shape index (κ3) is 3.80. The average molecular weight is 420 g/mol. The largest absolute Gasteiger partial charge is 0.367 e. The Morgan fingerprint density at radius 2 is 1.56 bits per heavy atom. The van der Waals surface area contributed by atoms with Gasteiger partial charge in [0.25, 0.3) is 0 Å². The molecule has 1 N–H and O–H groups in total. The highest BCUT2D eigenvalue weighted by Gasteiger charge is 2.35. The van der Waals surface area contributed by atoms with Gasteiger partial charge in [0.2, 0.25) is 0 Å². The maximum absolute atomic E-state index is 13.2. The van der Waals surface area contributed by atoms with Crippen molar-refractivity contribution in [1.29, 1.82) is 0 Å². The van der Waals surface area contributed by atoms with Crippen LogP contribution in [0, 0.1) is 0 Å². The van der Waals surface area contributed by atoms with E-state index in [9.17, 15) is 4.57 Å². The summed E-state index contributed by atoms with van der Waals surface area (Å²) in [5.74, 6) is -0.624. The van der Waals surface area contributed by atoms with Gasteiger partial charge in [0.1, 0.15) is 0 Å². The fourth-order valence-corrected chi connectivity index (χ4v) is 4.44. The number of hydrogen-bond acceptors (Lipinski definition) is 4. The zero-order valence-corrected chi connectivity index (χ0v) is 16.5. The Balaban J connectivity index is 2.08. The molecule has 1 atom stereocenters. The normalized spacial score (nSPS) is 12.9. The lowest BCUT2D eigenvalue weighted by Gasteiger charge is -2.27. The van der Waals surface area contributed by atoms with E-state index in [4.69, 9.17) is 9.05 Å². The molecule has 0 aliphatic heterocycles. The van der Waals surface area contributed by atoms with E-state index in [1.54, 1.807) is 0 Å². The Bertz CT molecular complexity index is 901. The second kappa shape index (κ2) is 7.71. The predicted molar refractivity (Wildman–Crippen MR) is 106 cm³/mol. The summed E-state index contributed by atoms with van der Waals surface area (Å²) in [7, 11) is -0.591. The number of nitrogens with one attached hydrogen (secondary N) is 1. The zero-order valence-electron chi connectivity index (χ0n) is 14.0. The molecular weight excluding hydrogens is 401 g/mol. The lowest BCUT2D eigenvalue weighted by Crippen LogP contribution is -2.13. The van der Waals surface area contributed by atoms with Crippen molar-refractivity contribution in [3.8, 4) is 0 Å². The average Bonchev–Trinajstić information content (AvgIpc) is 2.66. The van der Waals surface area contributed by atoms with Gasteiger partial charge >= 0.3 is 7.60 Å². The number of anilines is 1. The molecule has 0 aliphatic carbocycles. The molecular formula is C19H19BrNO3P. The molecule has 0 saturated heterocycles. The summed E-state index contributed by atoms with van der Waals surface area (Å²) >= 11 is 3.43. The van der Waals surface area contributed by atoms with Gasteiger partial charge in [0.15, 0.2) is 5.78 Å². The van der Waals surface area contributed by atoms with Crippen LogP contribution >= 0.6 is 23.5 Å². The molecule has 0 heterocycles. The highest BCUT2D eigenvalue weighted by Crippen LogP contribution is 2.60. The standard InChI is InChI=1S/C19H19BrNO3P/c1-23-25(22,24-2)19(15-10-12-16(20)13-11-15)21-18-9-5-7-14-6-3-4-8-17(14)18/h3-13,19,21H,1-2H3. The monoisotopic (exact) mass is 419 g/mol. The number of rotatable bonds is 6. The number of halogens is 1. The molecule has 0 bridgehead atoms. The molecule has 0 aromatic heterocycles. The van der Waals surface area contributed by atoms with Crippen LogP contribution < -0.4 is 5.32 Å². The van der Waals surface area contributed by atoms with Gasteiger partial charge in [-0.1, -0.05) is 64.5 Å². The summed E-state index contributed by atoms with van der Waals surface area (Å²) in [5, 5.41) is 5.52. The zero-order chi connectivity index (χ0) is 17.9. The van der Waals surface area contributed by atoms with Crippen molar-refractivity contribution < 1.29 is 13.6 Å². The highest BCUT2D eigenvalue weighted by molar-refractivity contribution is 9.10. The number of hydrogen-bond donors (Lipinski definition) is 1. The number of fused-ring (bicyclic) bond motifs is 1. The maximum Gasteiger partial charge on any atom is 0.356 e. The molecule has 6 heteroatoms. The van der Waals surface area contributed by atoms with Crippen molar-refractivity contribution in [2.45, 2.75) is 5.78 Å². The van der Waals surface area contributed by atoms with Gasteiger partial charge in [-0.3, -0.25) is 4.57 Å². The Labute approximate surface area is 155 Å². The van der Waals surface area contributed by atoms with Crippen LogP contribution in [0.1, 0.15) is 11.3 Å². The van der Waals surface area contributed by atoms with E-state index in [2.05, 4.69) is 21.2 Å². The molecule has 4 nitrogen and oxygen atoms in total. The van der Waals surface area contributed by atoms with Crippen LogP contribution in [-0.2, 0) is 13.6 Å². The third-order valence-electron chi connectivity index (χ3n) is 4.09. The third-order valence-corrected chi connectivity index (χ3v) is 6.70. The Morgan fingerprint density at radius 3 is 2.24 bits per heavy atom. The van der Waals surface area contributed by atoms with Gasteiger partial charge in [-0.2, -0.15) is 0 Å². The van der Waals surface area contributed by atoms with Crippen LogP contribution in [0.2, 0.25) is 0 Å². The topological polar surface area (TPSA) is 47.6 Å². The first-order chi connectivity index (χ1) is 12.1. The van der Waals surface area contributed by atoms with Gasteiger partial charge < -0.3 is 14.4 Å². The summed E-state index contributed by atoms with van der Waals surface area (Å²) in [6.07, 6.45) is 0. The van der Waals surface area contributed by atoms with E-state index in [-0.39, 0.29) is 0 Å². The van der Waals surface area contributed by atoms with Gasteiger partial charge in [-0.25, -0.2) is 0 Å². The van der Waals surface area contributed by atoms with Gasteiger partial charge in [-0.05, 0) is 29.1 Å². The fraction of sp³-hybridized carbons (Fsp3) is 0.158. The Hall–Kier alpha value is -1.65. The van der Waals surface area contributed by atoms with Crippen LogP contribution in [0.5, 0.6) is 0 Å². The molecule has 0 fully saturated rings. The van der Waals surface area contributed by atoms with E-state index < -0.39 is 13.4 Å². The van der Waals surface area contributed by atoms with E-state index >= 15 is 0 Å². The van der Waals surface area contributed by atoms with Crippen molar-refractivity contribution in [1.82, 2.24) is 0 Å². The van der Waals surface area contributed by atoms with E-state index in [0.717, 1.165) is 26.5 Å². The lowest BCUT2D eigenvalue weighted by molar-refractivity contribution is 0.268. The molecule has 3 rings (SSSR count). The molecule has 1 unspecified atom stereocenters. The summed E-state index contributed by atoms with van der Waals surface area (Å²) in [5.41, 5.74) is 1.70. The van der Waals surface area contributed by atoms with Crippen molar-refractivity contribution >= 4 is 40.0 Å². The molecule has 0 amide bonds. The van der Waals surface area contributed by atoms with E-state index in [1.807, 2.05) is 66.7 Å². The molecule has 0 spiro atoms. The highest BCUT2D eigenvalue weighted by atomic mass is 79.9. The Morgan fingerprint density at radius 1 is 0.920 bits per heavy atom. The molecule has 130 valence electrons. The van der Waals surface area contributed by atoms with Crippen molar-refractivity contribution in [2.24, 2.45) is 0 Å². The first-order valence-electron chi connectivity index (χ1n) is 7.78. The molecule has 0 radical (unpaired) electrons. The maximum atomic E-state index is 13.2. The smallest absolute Gasteiger partial charge is 0.356 e. The summed E-state index contributed by atoms with van der Waals surface area (Å²) in [6, 6.07) is 21.6. The second-order valence-electron chi connectivity index (χ2n) is 5.53. The Kier molecular flexibility index (Phi) is 5.60. The number of benzene rings is 3. The summed E-state index contributed by atoms with van der Waals surface area (Å²) in [4.78, 5) is 0. The van der Waals surface area contributed by atoms with Crippen molar-refractivity contribution in [3.05, 3.63) is 76.8 Å². The molecule has 25 heavy (non-hydrogen) atoms. The first-order valence-corrected chi connectivity index (χ1v) is 10.2. The van der Waals surface area contributed by atoms with Gasteiger partial charge in [-0.15, -0.1) is 0 Å². The predicted octanol–water partition coefficient (Wildman–Crippen LogP) is 6.20. The summed E-state index contributed by atoms with van der Waals surface area (Å²) in [6.45, 7) is 0. The molecule has 0 aliphatic rings. The van der Waals surface area contributed by atoms with Crippen LogP contribution in [0.15, 0.2) is 71.2 Å². The molecule has 3 aromatic carbocycles. The minimum absolute atomic E-state index is 0.624. The van der Waals surface area contributed by atoms with Crippen LogP contribution in [0.4, 0.5) is 5.69 Å². The van der Waals surface area contributed by atoms with Crippen molar-refractivity contribution in [3.63, 3.8) is 0 Å². The minimum atomic E-state index is -3.40. The van der Waals surface area contributed by atoms with Crippen LogP contribution in [-0.4, -0.2) is 14.2 Å². The SMILES string of the molecule is COP(=O)(OC)C(Nc1cccc2ccccc12)c1ccc(Br)cc1. The van der Waals surface area contributed by atoms with Crippen molar-refractivity contribution in [2.75, 3.05) is 19.5 Å². The lowest BCUT2D eigenvalue weighted by atomic mass is 10.1.